The molecule has 2 saturated heterocycles. The summed E-state index contributed by atoms with van der Waals surface area (Å²) < 4.78 is 59.7. The average molecular weight is 997 g/mol. The molecule has 2 aromatic heterocycles. The number of ether oxygens (including phenoxy) is 10. The number of carbonyl (C=O) groups is 8. The summed E-state index contributed by atoms with van der Waals surface area (Å²) in [5.41, 5.74) is 0. The van der Waals surface area contributed by atoms with Gasteiger partial charge in [-0.15, -0.1) is 10.2 Å². The Morgan fingerprint density at radius 3 is 1.09 bits per heavy atom. The molecule has 4 N–H and O–H groups in total. The molecule has 2 fully saturated rings. The molecule has 0 radical (unpaired) electrons. The molecule has 0 aromatic carbocycles. The largest absolute Gasteiger partial charge is 0.463 e. The number of hydrogen-bond donors (Lipinski definition) is 2. The minimum absolute atomic E-state index is 0.127. The second-order valence-electron chi connectivity index (χ2n) is 14.0. The van der Waals surface area contributed by atoms with E-state index in [4.69, 9.17) is 83.5 Å². The van der Waals surface area contributed by atoms with Crippen molar-refractivity contribution in [2.24, 2.45) is 0 Å². The van der Waals surface area contributed by atoms with Gasteiger partial charge >= 0.3 is 47.8 Å². The van der Waals surface area contributed by atoms with Gasteiger partial charge in [0.2, 0.25) is 19.9 Å². The predicted octanol–water partition coefficient (Wildman–Crippen LogP) is 0.355. The van der Waals surface area contributed by atoms with Crippen molar-refractivity contribution in [3.05, 3.63) is 9.54 Å². The molecule has 26 nitrogen and oxygen atoms in total. The van der Waals surface area contributed by atoms with Crippen molar-refractivity contribution in [3.8, 4) is 0 Å². The van der Waals surface area contributed by atoms with Crippen LogP contribution in [0.2, 0.25) is 0 Å². The Morgan fingerprint density at radius 1 is 0.508 bits per heavy atom. The third kappa shape index (κ3) is 13.9. The first kappa shape index (κ1) is 52.3. The lowest BCUT2D eigenvalue weighted by atomic mass is 9.97. The van der Waals surface area contributed by atoms with Crippen molar-refractivity contribution < 1.29 is 85.7 Å². The second-order valence-corrected chi connectivity index (χ2v) is 16.8. The molecular formula is C35H48N8O18S4. The van der Waals surface area contributed by atoms with Gasteiger partial charge in [-0.25, -0.2) is 18.7 Å². The Hall–Kier alpha value is -5.30. The van der Waals surface area contributed by atoms with E-state index in [0.29, 0.717) is 17.9 Å². The van der Waals surface area contributed by atoms with E-state index < -0.39 is 122 Å². The smallest absolute Gasteiger partial charge is 0.303 e. The topological polar surface area (TPSA) is 326 Å². The number of rotatable bonds is 18. The molecule has 0 aliphatic carbocycles. The van der Waals surface area contributed by atoms with E-state index in [-0.39, 0.29) is 19.9 Å². The molecule has 10 atom stereocenters. The Labute approximate surface area is 388 Å². The van der Waals surface area contributed by atoms with Crippen LogP contribution in [0, 0.1) is 9.54 Å². The summed E-state index contributed by atoms with van der Waals surface area (Å²) in [5, 5.41) is 9.34. The van der Waals surface area contributed by atoms with Crippen molar-refractivity contribution in [2.75, 3.05) is 36.4 Å². The van der Waals surface area contributed by atoms with E-state index in [2.05, 4.69) is 10.2 Å². The monoisotopic (exact) mass is 996 g/mol. The Kier molecular flexibility index (Phi) is 18.7. The molecule has 0 amide bonds. The molecule has 2 aromatic rings. The lowest BCUT2D eigenvalue weighted by Crippen LogP contribution is -2.60. The van der Waals surface area contributed by atoms with Gasteiger partial charge in [0, 0.05) is 66.9 Å². The van der Waals surface area contributed by atoms with Gasteiger partial charge in [-0.05, 0) is 30.9 Å². The number of aromatic nitrogens is 6. The molecule has 4 heterocycles. The van der Waals surface area contributed by atoms with Gasteiger partial charge in [0.05, 0.1) is 0 Å². The SMILES string of the molecule is CC(=O)OC[C@H]1O[C@@H](n2nc(SCCCSc3nn([C@@H]4O[C@H](COC(C)=O)[C@@H](OC(C)=O)[C@H](OC(C)=O)[C@H]4OC(C)=O)c(=S)n3N)n(N)c2=S)[C@H](OC(C)=O)[C@@H](OC(C)=O)[C@@H]1OC(C)=O. The molecular weight excluding hydrogens is 949 g/mol. The van der Waals surface area contributed by atoms with Gasteiger partial charge in [0.1, 0.15) is 25.4 Å². The first-order valence-corrected chi connectivity index (χ1v) is 22.1. The van der Waals surface area contributed by atoms with Gasteiger partial charge < -0.3 is 59.1 Å². The molecule has 0 saturated carbocycles. The third-order valence-corrected chi connectivity index (χ3v) is 11.6. The summed E-state index contributed by atoms with van der Waals surface area (Å²) in [4.78, 5) is 97.1. The van der Waals surface area contributed by atoms with E-state index in [1.54, 1.807) is 0 Å². The molecule has 2 aliphatic heterocycles. The first-order valence-electron chi connectivity index (χ1n) is 19.3. The normalized spacial score (nSPS) is 25.0. The van der Waals surface area contributed by atoms with Crippen LogP contribution in [-0.2, 0) is 85.7 Å². The molecule has 2 aliphatic rings. The zero-order chi connectivity index (χ0) is 48.4. The summed E-state index contributed by atoms with van der Waals surface area (Å²) >= 11 is 13.5. The summed E-state index contributed by atoms with van der Waals surface area (Å²) in [6.45, 7) is 7.90. The van der Waals surface area contributed by atoms with Crippen LogP contribution in [0.4, 0.5) is 0 Å². The van der Waals surface area contributed by atoms with E-state index in [1.807, 2.05) is 0 Å². The van der Waals surface area contributed by atoms with E-state index in [1.165, 1.54) is 0 Å². The minimum atomic E-state index is -1.49. The van der Waals surface area contributed by atoms with Crippen LogP contribution >= 0.6 is 48.0 Å². The second kappa shape index (κ2) is 23.2. The van der Waals surface area contributed by atoms with Gasteiger partial charge in [0.15, 0.2) is 49.1 Å². The number of thioether (sulfide) groups is 2. The van der Waals surface area contributed by atoms with E-state index in [9.17, 15) is 38.4 Å². The summed E-state index contributed by atoms with van der Waals surface area (Å²) in [6.07, 6.45) is -13.7. The Morgan fingerprint density at radius 2 is 0.800 bits per heavy atom. The number of esters is 8. The quantitative estimate of drug-likeness (QED) is 0.0508. The highest BCUT2D eigenvalue weighted by Gasteiger charge is 2.55. The van der Waals surface area contributed by atoms with Crippen LogP contribution in [0.25, 0.3) is 0 Å². The molecule has 0 bridgehead atoms. The standard InChI is InChI=1S/C35H48N8O18S4/c1-14(44)52-12-22-24(54-16(3)46)26(56-18(5)48)28(58-20(7)50)30(60-22)42-34(62)40(36)32(38-42)64-10-9-11-65-33-39-43(35(63)41(33)37)31-29(59-21(8)51)27(57-19(6)49)25(55-17(4)47)23(61-31)13-53-15(2)45/h22-31H,9-13,36-37H2,1-8H3/t22-,23-,24-,25-,26+,27+,28-,29-,30-,31-/m1/s1. The Bertz CT molecular complexity index is 2100. The van der Waals surface area contributed by atoms with Gasteiger partial charge in [-0.2, -0.15) is 0 Å². The fourth-order valence-electron chi connectivity index (χ4n) is 6.47. The highest BCUT2D eigenvalue weighted by Crippen LogP contribution is 2.37. The summed E-state index contributed by atoms with van der Waals surface area (Å²) in [6, 6.07) is 0. The van der Waals surface area contributed by atoms with Crippen molar-refractivity contribution in [3.63, 3.8) is 0 Å². The van der Waals surface area contributed by atoms with Crippen LogP contribution < -0.4 is 11.7 Å². The van der Waals surface area contributed by atoms with Crippen molar-refractivity contribution in [2.45, 2.75) is 133 Å². The lowest BCUT2D eigenvalue weighted by Gasteiger charge is -2.44. The third-order valence-electron chi connectivity index (χ3n) is 8.77. The van der Waals surface area contributed by atoms with Crippen molar-refractivity contribution in [1.29, 1.82) is 0 Å². The van der Waals surface area contributed by atoms with Crippen LogP contribution in [-0.4, -0.2) is 150 Å². The lowest BCUT2D eigenvalue weighted by molar-refractivity contribution is -0.270. The van der Waals surface area contributed by atoms with Gasteiger partial charge in [-0.3, -0.25) is 38.4 Å². The minimum Gasteiger partial charge on any atom is -0.463 e. The summed E-state index contributed by atoms with van der Waals surface area (Å²) in [5.74, 6) is 7.07. The fourth-order valence-corrected chi connectivity index (χ4v) is 8.92. The number of nitrogens with two attached hydrogens (primary N) is 2. The molecule has 360 valence electrons. The maximum Gasteiger partial charge on any atom is 0.303 e. The number of nitrogen functional groups attached to an aromatic ring is 2. The summed E-state index contributed by atoms with van der Waals surface area (Å²) in [7, 11) is 0. The molecule has 30 heteroatoms. The van der Waals surface area contributed by atoms with Gasteiger partial charge in [0.25, 0.3) is 0 Å². The van der Waals surface area contributed by atoms with Crippen LogP contribution in [0.15, 0.2) is 10.3 Å². The molecule has 0 spiro atoms. The maximum absolute atomic E-state index is 12.4. The number of nitrogens with zero attached hydrogens (tertiary/aromatic N) is 6. The predicted molar refractivity (Wildman–Crippen MR) is 223 cm³/mol. The first-order chi connectivity index (χ1) is 30.5. The number of carbonyl (C=O) groups excluding carboxylic acids is 8. The van der Waals surface area contributed by atoms with Crippen LogP contribution in [0.5, 0.6) is 0 Å². The van der Waals surface area contributed by atoms with Gasteiger partial charge in [-0.1, -0.05) is 23.5 Å². The molecule has 0 unspecified atom stereocenters. The van der Waals surface area contributed by atoms with E-state index >= 15 is 0 Å². The molecule has 4 rings (SSSR count). The highest BCUT2D eigenvalue weighted by atomic mass is 32.2. The number of hydrogen-bond acceptors (Lipinski definition) is 26. The molecule has 65 heavy (non-hydrogen) atoms. The fraction of sp³-hybridized carbons (Fsp3) is 0.657. The van der Waals surface area contributed by atoms with E-state index in [0.717, 1.165) is 97.6 Å². The average Bonchev–Trinajstić information content (AvgIpc) is 3.63. The van der Waals surface area contributed by atoms with Crippen LogP contribution in [0.3, 0.4) is 0 Å². The van der Waals surface area contributed by atoms with Crippen molar-refractivity contribution in [1.82, 2.24) is 28.9 Å². The zero-order valence-electron chi connectivity index (χ0n) is 36.1. The Balaban J connectivity index is 1.56. The zero-order valence-corrected chi connectivity index (χ0v) is 39.4. The van der Waals surface area contributed by atoms with Crippen molar-refractivity contribution >= 4 is 95.7 Å². The maximum atomic E-state index is 12.4. The van der Waals surface area contributed by atoms with Crippen LogP contribution in [0.1, 0.15) is 74.3 Å². The highest BCUT2D eigenvalue weighted by molar-refractivity contribution is 8.00.